The van der Waals surface area contributed by atoms with Crippen LogP contribution in [0, 0.1) is 12.8 Å². The molecule has 0 saturated carbocycles. The molecule has 0 bridgehead atoms. The van der Waals surface area contributed by atoms with Crippen LogP contribution >= 0.6 is 0 Å². The van der Waals surface area contributed by atoms with Crippen LogP contribution in [-0.2, 0) is 13.1 Å². The summed E-state index contributed by atoms with van der Waals surface area (Å²) in [5, 5.41) is 1.45. The Morgan fingerprint density at radius 2 is 2.16 bits per heavy atom. The van der Waals surface area contributed by atoms with Crippen LogP contribution in [0.15, 0.2) is 47.5 Å². The number of rotatable bonds is 3. The van der Waals surface area contributed by atoms with E-state index in [0.717, 1.165) is 19.6 Å². The SMILES string of the molecule is C=C/C(=C\C=NC)C1CC2CN(C)Cc3c2n(c2ccc(C)cc32)C1. The van der Waals surface area contributed by atoms with Crippen molar-refractivity contribution in [3.63, 3.8) is 0 Å². The lowest BCUT2D eigenvalue weighted by Crippen LogP contribution is -2.36. The molecule has 3 nitrogen and oxygen atoms in total. The molecule has 0 amide bonds. The van der Waals surface area contributed by atoms with E-state index in [1.165, 1.54) is 28.5 Å². The third-order valence-corrected chi connectivity index (χ3v) is 5.81. The van der Waals surface area contributed by atoms with Crippen molar-refractivity contribution in [2.24, 2.45) is 10.9 Å². The summed E-state index contributed by atoms with van der Waals surface area (Å²) < 4.78 is 2.59. The van der Waals surface area contributed by atoms with Crippen molar-refractivity contribution in [3.05, 3.63) is 59.3 Å². The molecule has 3 heteroatoms. The van der Waals surface area contributed by atoms with Crippen LogP contribution in [0.25, 0.3) is 10.9 Å². The van der Waals surface area contributed by atoms with E-state index in [1.54, 1.807) is 11.3 Å². The lowest BCUT2D eigenvalue weighted by Gasteiger charge is -2.38. The number of hydrogen-bond acceptors (Lipinski definition) is 2. The van der Waals surface area contributed by atoms with Crippen molar-refractivity contribution < 1.29 is 0 Å². The highest BCUT2D eigenvalue weighted by molar-refractivity contribution is 5.87. The van der Waals surface area contributed by atoms with Crippen molar-refractivity contribution in [2.75, 3.05) is 20.6 Å². The summed E-state index contributed by atoms with van der Waals surface area (Å²) in [4.78, 5) is 6.60. The average molecular weight is 333 g/mol. The first kappa shape index (κ1) is 16.3. The zero-order valence-electron chi connectivity index (χ0n) is 15.5. The number of likely N-dealkylation sites (N-methyl/N-ethyl adjacent to an activating group) is 1. The second-order valence-electron chi connectivity index (χ2n) is 7.60. The molecule has 0 N–H and O–H groups in total. The Balaban J connectivity index is 1.87. The molecule has 1 aromatic carbocycles. The van der Waals surface area contributed by atoms with Gasteiger partial charge in [0.1, 0.15) is 0 Å². The second kappa shape index (κ2) is 6.30. The molecule has 0 spiro atoms. The minimum atomic E-state index is 0.504. The number of fused-ring (bicyclic) bond motifs is 3. The van der Waals surface area contributed by atoms with E-state index in [1.807, 2.05) is 19.3 Å². The van der Waals surface area contributed by atoms with Gasteiger partial charge in [0.05, 0.1) is 0 Å². The summed E-state index contributed by atoms with van der Waals surface area (Å²) >= 11 is 0. The highest BCUT2D eigenvalue weighted by Gasteiger charge is 2.36. The maximum Gasteiger partial charge on any atom is 0.0486 e. The fourth-order valence-corrected chi connectivity index (χ4v) is 4.78. The Morgan fingerprint density at radius 1 is 1.32 bits per heavy atom. The van der Waals surface area contributed by atoms with E-state index < -0.39 is 0 Å². The quantitative estimate of drug-likeness (QED) is 0.605. The third-order valence-electron chi connectivity index (χ3n) is 5.81. The molecule has 1 aromatic heterocycles. The zero-order valence-corrected chi connectivity index (χ0v) is 15.5. The largest absolute Gasteiger partial charge is 0.343 e. The lowest BCUT2D eigenvalue weighted by molar-refractivity contribution is 0.236. The normalized spacial score (nSPS) is 24.0. The molecular formula is C22H27N3. The third kappa shape index (κ3) is 2.67. The molecule has 3 heterocycles. The van der Waals surface area contributed by atoms with E-state index in [2.05, 4.69) is 59.3 Å². The van der Waals surface area contributed by atoms with Crippen LogP contribution in [0.2, 0.25) is 0 Å². The summed E-state index contributed by atoms with van der Waals surface area (Å²) in [7, 11) is 4.07. The Labute approximate surface area is 150 Å². The lowest BCUT2D eigenvalue weighted by atomic mass is 9.80. The fraction of sp³-hybridized carbons (Fsp3) is 0.409. The summed E-state index contributed by atoms with van der Waals surface area (Å²) in [6.07, 6.45) is 7.23. The van der Waals surface area contributed by atoms with Crippen molar-refractivity contribution in [2.45, 2.75) is 32.4 Å². The van der Waals surface area contributed by atoms with Crippen LogP contribution in [0.3, 0.4) is 0 Å². The standard InChI is InChI=1S/C22H27N3/c1-5-16(8-9-23-3)17-11-18-12-24(4)14-20-19-10-15(2)6-7-21(19)25(13-17)22(18)20/h5-10,17-18H,1,11-14H2,2-4H3/b16-8+,23-9?. The molecule has 130 valence electrons. The number of hydrogen-bond donors (Lipinski definition) is 0. The molecule has 0 radical (unpaired) electrons. The van der Waals surface area contributed by atoms with Gasteiger partial charge in [-0.1, -0.05) is 24.3 Å². The van der Waals surface area contributed by atoms with E-state index in [-0.39, 0.29) is 0 Å². The highest BCUT2D eigenvalue weighted by Crippen LogP contribution is 2.44. The first-order chi connectivity index (χ1) is 12.1. The number of benzene rings is 1. The second-order valence-corrected chi connectivity index (χ2v) is 7.60. The van der Waals surface area contributed by atoms with Gasteiger partial charge < -0.3 is 9.47 Å². The zero-order chi connectivity index (χ0) is 17.6. The van der Waals surface area contributed by atoms with Crippen molar-refractivity contribution >= 4 is 17.1 Å². The maximum absolute atomic E-state index is 4.12. The summed E-state index contributed by atoms with van der Waals surface area (Å²) in [6, 6.07) is 6.93. The monoisotopic (exact) mass is 333 g/mol. The molecule has 0 saturated heterocycles. The van der Waals surface area contributed by atoms with Gasteiger partial charge in [-0.3, -0.25) is 4.99 Å². The van der Waals surface area contributed by atoms with Gasteiger partial charge in [0.2, 0.25) is 0 Å². The van der Waals surface area contributed by atoms with E-state index >= 15 is 0 Å². The minimum Gasteiger partial charge on any atom is -0.343 e. The first-order valence-electron chi connectivity index (χ1n) is 9.17. The van der Waals surface area contributed by atoms with E-state index in [0.29, 0.717) is 11.8 Å². The molecule has 2 atom stereocenters. The maximum atomic E-state index is 4.12. The Morgan fingerprint density at radius 3 is 2.92 bits per heavy atom. The van der Waals surface area contributed by atoms with E-state index in [9.17, 15) is 0 Å². The molecule has 2 aliphatic heterocycles. The predicted molar refractivity (Wildman–Crippen MR) is 107 cm³/mol. The van der Waals surface area contributed by atoms with Crippen LogP contribution in [0.1, 0.15) is 29.2 Å². The summed E-state index contributed by atoms with van der Waals surface area (Å²) in [6.45, 7) is 9.50. The smallest absolute Gasteiger partial charge is 0.0486 e. The minimum absolute atomic E-state index is 0.504. The van der Waals surface area contributed by atoms with Crippen LogP contribution in [-0.4, -0.2) is 36.3 Å². The molecule has 2 aromatic rings. The molecule has 2 aliphatic rings. The van der Waals surface area contributed by atoms with E-state index in [4.69, 9.17) is 0 Å². The molecule has 0 fully saturated rings. The molecule has 4 rings (SSSR count). The van der Waals surface area contributed by atoms with Crippen LogP contribution < -0.4 is 0 Å². The van der Waals surface area contributed by atoms with Gasteiger partial charge in [-0.15, -0.1) is 0 Å². The van der Waals surface area contributed by atoms with Crippen molar-refractivity contribution in [3.8, 4) is 0 Å². The Kier molecular flexibility index (Phi) is 4.12. The fourth-order valence-electron chi connectivity index (χ4n) is 4.78. The van der Waals surface area contributed by atoms with Crippen molar-refractivity contribution in [1.82, 2.24) is 9.47 Å². The number of aliphatic imine (C=N–C) groups is 1. The number of aryl methyl sites for hydroxylation is 1. The average Bonchev–Trinajstić information content (AvgIpc) is 2.89. The van der Waals surface area contributed by atoms with Gasteiger partial charge in [-0.25, -0.2) is 0 Å². The molecule has 2 unspecified atom stereocenters. The molecule has 25 heavy (non-hydrogen) atoms. The molecule has 0 aliphatic carbocycles. The highest BCUT2D eigenvalue weighted by atomic mass is 15.1. The van der Waals surface area contributed by atoms with Gasteiger partial charge in [0, 0.05) is 61.3 Å². The van der Waals surface area contributed by atoms with Gasteiger partial charge in [-0.05, 0) is 49.7 Å². The number of aromatic nitrogens is 1. The number of nitrogens with zero attached hydrogens (tertiary/aromatic N) is 3. The number of allylic oxidation sites excluding steroid dienone is 3. The van der Waals surface area contributed by atoms with Crippen LogP contribution in [0.5, 0.6) is 0 Å². The first-order valence-corrected chi connectivity index (χ1v) is 9.17. The van der Waals surface area contributed by atoms with Gasteiger partial charge in [-0.2, -0.15) is 0 Å². The Hall–Kier alpha value is -2.13. The van der Waals surface area contributed by atoms with Gasteiger partial charge in [0.15, 0.2) is 0 Å². The van der Waals surface area contributed by atoms with Crippen molar-refractivity contribution in [1.29, 1.82) is 0 Å². The molecular weight excluding hydrogens is 306 g/mol. The van der Waals surface area contributed by atoms with Crippen LogP contribution in [0.4, 0.5) is 0 Å². The predicted octanol–water partition coefficient (Wildman–Crippen LogP) is 4.31. The van der Waals surface area contributed by atoms with Gasteiger partial charge >= 0.3 is 0 Å². The summed E-state index contributed by atoms with van der Waals surface area (Å²) in [5.41, 5.74) is 7.18. The Bertz CT molecular complexity index is 884. The summed E-state index contributed by atoms with van der Waals surface area (Å²) in [5.74, 6) is 1.10. The van der Waals surface area contributed by atoms with Gasteiger partial charge in [0.25, 0.3) is 0 Å². The topological polar surface area (TPSA) is 20.5 Å².